The molecule has 0 spiro atoms. The summed E-state index contributed by atoms with van der Waals surface area (Å²) < 4.78 is 0. The Morgan fingerprint density at radius 1 is 1.55 bits per heavy atom. The number of nitrogens with zero attached hydrogens (tertiary/aromatic N) is 3. The number of carbonyl (C=O) groups is 1. The van der Waals surface area contributed by atoms with E-state index in [1.165, 1.54) is 11.0 Å². The van der Waals surface area contributed by atoms with Crippen LogP contribution in [0.3, 0.4) is 0 Å². The lowest BCUT2D eigenvalue weighted by atomic mass is 10.1. The molecule has 0 atom stereocenters. The Labute approximate surface area is 118 Å². The summed E-state index contributed by atoms with van der Waals surface area (Å²) in [5.41, 5.74) is -0.218. The summed E-state index contributed by atoms with van der Waals surface area (Å²) in [6, 6.07) is 1.40. The third kappa shape index (κ3) is 3.66. The minimum atomic E-state index is -0.585. The van der Waals surface area contributed by atoms with Crippen LogP contribution in [0.5, 0.6) is 0 Å². The van der Waals surface area contributed by atoms with Crippen molar-refractivity contribution in [3.63, 3.8) is 0 Å². The van der Waals surface area contributed by atoms with Crippen LogP contribution >= 0.6 is 0 Å². The molecule has 0 aliphatic carbocycles. The number of amides is 1. The normalized spacial score (nSPS) is 10.4. The van der Waals surface area contributed by atoms with E-state index in [0.717, 1.165) is 12.6 Å². The molecule has 0 saturated carbocycles. The number of aromatic nitrogens is 1. The molecule has 0 aromatic carbocycles. The van der Waals surface area contributed by atoms with Crippen LogP contribution in [0.15, 0.2) is 12.3 Å². The molecule has 0 bridgehead atoms. The first-order chi connectivity index (χ1) is 9.38. The van der Waals surface area contributed by atoms with Crippen molar-refractivity contribution in [3.05, 3.63) is 27.9 Å². The van der Waals surface area contributed by atoms with Crippen LogP contribution in [-0.4, -0.2) is 40.3 Å². The summed E-state index contributed by atoms with van der Waals surface area (Å²) in [5.74, 6) is 0.0894. The molecule has 0 aliphatic heterocycles. The highest BCUT2D eigenvalue weighted by Gasteiger charge is 2.25. The predicted octanol–water partition coefficient (Wildman–Crippen LogP) is 2.29. The van der Waals surface area contributed by atoms with Crippen LogP contribution in [0, 0.1) is 10.1 Å². The number of pyridine rings is 1. The molecule has 0 unspecified atom stereocenters. The molecule has 0 fully saturated rings. The van der Waals surface area contributed by atoms with Gasteiger partial charge in [0.2, 0.25) is 0 Å². The van der Waals surface area contributed by atoms with Crippen molar-refractivity contribution in [3.8, 4) is 0 Å². The molecule has 1 rings (SSSR count). The number of hydrogen-bond donors (Lipinski definition) is 1. The molecule has 7 nitrogen and oxygen atoms in total. The van der Waals surface area contributed by atoms with Gasteiger partial charge in [-0.25, -0.2) is 4.98 Å². The Balaban J connectivity index is 3.18. The molecule has 1 N–H and O–H groups in total. The number of nitrogens with one attached hydrogen (secondary N) is 1. The fourth-order valence-corrected chi connectivity index (χ4v) is 1.54. The van der Waals surface area contributed by atoms with Gasteiger partial charge in [0.25, 0.3) is 11.6 Å². The van der Waals surface area contributed by atoms with E-state index in [4.69, 9.17) is 0 Å². The first kappa shape index (κ1) is 15.9. The third-order valence-electron chi connectivity index (χ3n) is 2.96. The van der Waals surface area contributed by atoms with Crippen LogP contribution in [0.25, 0.3) is 0 Å². The van der Waals surface area contributed by atoms with Gasteiger partial charge in [0, 0.05) is 25.7 Å². The maximum absolute atomic E-state index is 12.3. The molecule has 110 valence electrons. The zero-order valence-electron chi connectivity index (χ0n) is 12.2. The molecule has 0 aliphatic rings. The summed E-state index contributed by atoms with van der Waals surface area (Å²) in [5, 5.41) is 14.0. The van der Waals surface area contributed by atoms with Crippen molar-refractivity contribution in [1.82, 2.24) is 9.88 Å². The quantitative estimate of drug-likeness (QED) is 0.638. The number of carbonyl (C=O) groups excluding carboxylic acids is 1. The Bertz CT molecular complexity index is 502. The summed E-state index contributed by atoms with van der Waals surface area (Å²) in [7, 11) is 1.62. The standard InChI is InChI=1S/C13H20N4O3/c1-5-6-14-12-7-10(11(8-15-12)17(19)20)13(18)16(4)9(2)3/h7-9H,5-6H2,1-4H3,(H,14,15). The Kier molecular flexibility index (Phi) is 5.42. The molecule has 1 heterocycles. The van der Waals surface area contributed by atoms with Gasteiger partial charge in [0.05, 0.1) is 4.92 Å². The molecule has 7 heteroatoms. The van der Waals surface area contributed by atoms with Gasteiger partial charge in [0.15, 0.2) is 0 Å². The van der Waals surface area contributed by atoms with Gasteiger partial charge < -0.3 is 10.2 Å². The Hall–Kier alpha value is -2.18. The van der Waals surface area contributed by atoms with Crippen molar-refractivity contribution >= 4 is 17.4 Å². The lowest BCUT2D eigenvalue weighted by Crippen LogP contribution is -2.33. The summed E-state index contributed by atoms with van der Waals surface area (Å²) in [6.45, 7) is 6.39. The molecule has 0 radical (unpaired) electrons. The van der Waals surface area contributed by atoms with Gasteiger partial charge in [0.1, 0.15) is 17.6 Å². The van der Waals surface area contributed by atoms with Crippen LogP contribution < -0.4 is 5.32 Å². The number of anilines is 1. The minimum absolute atomic E-state index is 0.0395. The van der Waals surface area contributed by atoms with Crippen LogP contribution in [0.4, 0.5) is 11.5 Å². The second-order valence-electron chi connectivity index (χ2n) is 4.78. The lowest BCUT2D eigenvalue weighted by Gasteiger charge is -2.21. The topological polar surface area (TPSA) is 88.4 Å². The molecule has 1 aromatic heterocycles. The van der Waals surface area contributed by atoms with E-state index >= 15 is 0 Å². The monoisotopic (exact) mass is 280 g/mol. The molecule has 20 heavy (non-hydrogen) atoms. The van der Waals surface area contributed by atoms with Gasteiger partial charge in [-0.3, -0.25) is 14.9 Å². The largest absolute Gasteiger partial charge is 0.370 e. The molecular weight excluding hydrogens is 260 g/mol. The highest BCUT2D eigenvalue weighted by molar-refractivity contribution is 5.98. The number of nitro groups is 1. The van der Waals surface area contributed by atoms with Crippen molar-refractivity contribution in [2.75, 3.05) is 18.9 Å². The second kappa shape index (κ2) is 6.83. The zero-order valence-corrected chi connectivity index (χ0v) is 12.2. The van der Waals surface area contributed by atoms with Crippen molar-refractivity contribution in [1.29, 1.82) is 0 Å². The van der Waals surface area contributed by atoms with Crippen LogP contribution in [0.2, 0.25) is 0 Å². The van der Waals surface area contributed by atoms with Gasteiger partial charge in [-0.15, -0.1) is 0 Å². The number of hydrogen-bond acceptors (Lipinski definition) is 5. The van der Waals surface area contributed by atoms with E-state index in [9.17, 15) is 14.9 Å². The fraction of sp³-hybridized carbons (Fsp3) is 0.538. The molecular formula is C13H20N4O3. The summed E-state index contributed by atoms with van der Waals surface area (Å²) >= 11 is 0. The first-order valence-electron chi connectivity index (χ1n) is 6.54. The maximum Gasteiger partial charge on any atom is 0.300 e. The summed E-state index contributed by atoms with van der Waals surface area (Å²) in [4.78, 5) is 28.2. The van der Waals surface area contributed by atoms with E-state index in [1.807, 2.05) is 20.8 Å². The van der Waals surface area contributed by atoms with Crippen LogP contribution in [-0.2, 0) is 0 Å². The summed E-state index contributed by atoms with van der Waals surface area (Å²) in [6.07, 6.45) is 2.02. The lowest BCUT2D eigenvalue weighted by molar-refractivity contribution is -0.385. The Morgan fingerprint density at radius 3 is 2.70 bits per heavy atom. The average molecular weight is 280 g/mol. The van der Waals surface area contributed by atoms with Gasteiger partial charge >= 0.3 is 0 Å². The Morgan fingerprint density at radius 2 is 2.20 bits per heavy atom. The first-order valence-corrected chi connectivity index (χ1v) is 6.54. The van der Waals surface area contributed by atoms with Gasteiger partial charge in [-0.1, -0.05) is 6.92 Å². The minimum Gasteiger partial charge on any atom is -0.370 e. The molecule has 1 aromatic rings. The van der Waals surface area contributed by atoms with Crippen molar-refractivity contribution in [2.45, 2.75) is 33.2 Å². The van der Waals surface area contributed by atoms with E-state index in [1.54, 1.807) is 7.05 Å². The predicted molar refractivity (Wildman–Crippen MR) is 76.9 cm³/mol. The molecule has 0 saturated heterocycles. The highest BCUT2D eigenvalue weighted by atomic mass is 16.6. The van der Waals surface area contributed by atoms with Gasteiger partial charge in [-0.2, -0.15) is 0 Å². The van der Waals surface area contributed by atoms with E-state index < -0.39 is 4.92 Å². The average Bonchev–Trinajstić information content (AvgIpc) is 2.42. The third-order valence-corrected chi connectivity index (χ3v) is 2.96. The maximum atomic E-state index is 12.3. The highest BCUT2D eigenvalue weighted by Crippen LogP contribution is 2.22. The van der Waals surface area contributed by atoms with Gasteiger partial charge in [-0.05, 0) is 20.3 Å². The zero-order chi connectivity index (χ0) is 15.3. The van der Waals surface area contributed by atoms with Crippen molar-refractivity contribution in [2.24, 2.45) is 0 Å². The fourth-order valence-electron chi connectivity index (χ4n) is 1.54. The van der Waals surface area contributed by atoms with E-state index in [2.05, 4.69) is 10.3 Å². The molecule has 1 amide bonds. The van der Waals surface area contributed by atoms with E-state index in [-0.39, 0.29) is 23.2 Å². The SMILES string of the molecule is CCCNc1cc(C(=O)N(C)C(C)C)c([N+](=O)[O-])cn1. The van der Waals surface area contributed by atoms with Crippen molar-refractivity contribution < 1.29 is 9.72 Å². The number of rotatable bonds is 6. The van der Waals surface area contributed by atoms with E-state index in [0.29, 0.717) is 12.4 Å². The smallest absolute Gasteiger partial charge is 0.300 e. The van der Waals surface area contributed by atoms with Crippen LogP contribution in [0.1, 0.15) is 37.6 Å². The second-order valence-corrected chi connectivity index (χ2v) is 4.78.